The maximum atomic E-state index is 12.5. The molecule has 0 spiro atoms. The first-order valence-electron chi connectivity index (χ1n) is 9.94. The minimum Gasteiger partial charge on any atom is -0.505 e. The van der Waals surface area contributed by atoms with Crippen molar-refractivity contribution in [3.8, 4) is 5.75 Å². The number of carbonyl (C=O) groups is 1. The molecule has 3 aromatic rings. The number of phenolic OH excluding ortho intramolecular Hbond substituents is 1. The Morgan fingerprint density at radius 1 is 1.03 bits per heavy atom. The number of carbonyl (C=O) groups excluding carboxylic acids is 1. The monoisotopic (exact) mass is 405 g/mol. The fourth-order valence-corrected chi connectivity index (χ4v) is 3.83. The summed E-state index contributed by atoms with van der Waals surface area (Å²) in [6.07, 6.45) is 1.36. The average molecular weight is 405 g/mol. The topological polar surface area (TPSA) is 98.7 Å². The summed E-state index contributed by atoms with van der Waals surface area (Å²) in [5, 5.41) is 16.7. The second kappa shape index (κ2) is 7.67. The van der Waals surface area contributed by atoms with E-state index in [1.54, 1.807) is 24.1 Å². The van der Waals surface area contributed by atoms with Gasteiger partial charge >= 0.3 is 0 Å². The number of aromatic hydroxyl groups is 1. The summed E-state index contributed by atoms with van der Waals surface area (Å²) in [4.78, 5) is 38.5. The Hall–Kier alpha value is -3.61. The van der Waals surface area contributed by atoms with Gasteiger partial charge in [-0.1, -0.05) is 43.3 Å². The molecule has 0 fully saturated rings. The van der Waals surface area contributed by atoms with E-state index >= 15 is 0 Å². The van der Waals surface area contributed by atoms with Gasteiger partial charge in [-0.25, -0.2) is 0 Å². The number of hydrogen-bond donors (Lipinski definition) is 3. The van der Waals surface area contributed by atoms with Crippen LogP contribution in [0.1, 0.15) is 40.9 Å². The van der Waals surface area contributed by atoms with Gasteiger partial charge < -0.3 is 20.6 Å². The molecule has 1 amide bonds. The third-order valence-electron chi connectivity index (χ3n) is 5.64. The van der Waals surface area contributed by atoms with E-state index in [0.717, 1.165) is 11.1 Å². The number of fused-ring (bicyclic) bond motifs is 1. The van der Waals surface area contributed by atoms with Crippen molar-refractivity contribution in [2.24, 2.45) is 0 Å². The largest absolute Gasteiger partial charge is 0.505 e. The van der Waals surface area contributed by atoms with E-state index in [2.05, 4.69) is 10.6 Å². The molecule has 7 nitrogen and oxygen atoms in total. The number of phenols is 1. The van der Waals surface area contributed by atoms with Crippen molar-refractivity contribution >= 4 is 23.0 Å². The number of likely N-dealkylation sites (N-methyl/N-ethyl adjacent to an activating group) is 1. The van der Waals surface area contributed by atoms with Gasteiger partial charge in [0.2, 0.25) is 0 Å². The SMILES string of the molecule is CC[C@@H](Nc1c(Nc2ccc3c(c2O)C(=O)N(C)CC3)c(=O)c1=O)c1ccccc1. The van der Waals surface area contributed by atoms with Gasteiger partial charge in [-0.05, 0) is 30.0 Å². The lowest BCUT2D eigenvalue weighted by molar-refractivity contribution is 0.0777. The Morgan fingerprint density at radius 2 is 1.73 bits per heavy atom. The predicted molar refractivity (Wildman–Crippen MR) is 117 cm³/mol. The third-order valence-corrected chi connectivity index (χ3v) is 5.64. The molecule has 3 aromatic carbocycles. The number of benzene rings is 2. The molecule has 0 radical (unpaired) electrons. The van der Waals surface area contributed by atoms with Gasteiger partial charge in [0.15, 0.2) is 5.75 Å². The van der Waals surface area contributed by atoms with Gasteiger partial charge in [-0.15, -0.1) is 0 Å². The summed E-state index contributed by atoms with van der Waals surface area (Å²) < 4.78 is 0. The summed E-state index contributed by atoms with van der Waals surface area (Å²) in [7, 11) is 1.68. The Labute approximate surface area is 173 Å². The Balaban J connectivity index is 1.65. The lowest BCUT2D eigenvalue weighted by Gasteiger charge is -2.27. The molecule has 0 aromatic heterocycles. The molecule has 1 atom stereocenters. The van der Waals surface area contributed by atoms with Gasteiger partial charge in [0.1, 0.15) is 11.4 Å². The second-order valence-electron chi connectivity index (χ2n) is 7.52. The van der Waals surface area contributed by atoms with Crippen LogP contribution < -0.4 is 21.5 Å². The summed E-state index contributed by atoms with van der Waals surface area (Å²) in [6, 6.07) is 12.9. The van der Waals surface area contributed by atoms with Gasteiger partial charge in [-0.2, -0.15) is 0 Å². The van der Waals surface area contributed by atoms with Crippen LogP contribution in [-0.2, 0) is 6.42 Å². The van der Waals surface area contributed by atoms with Crippen LogP contribution in [0.4, 0.5) is 17.1 Å². The first kappa shape index (κ1) is 19.7. The van der Waals surface area contributed by atoms with Crippen LogP contribution in [0.5, 0.6) is 5.75 Å². The number of nitrogens with one attached hydrogen (secondary N) is 2. The molecule has 30 heavy (non-hydrogen) atoms. The van der Waals surface area contributed by atoms with Gasteiger partial charge in [0.05, 0.1) is 17.3 Å². The highest BCUT2D eigenvalue weighted by Gasteiger charge is 2.29. The van der Waals surface area contributed by atoms with E-state index in [-0.39, 0.29) is 40.3 Å². The Morgan fingerprint density at radius 3 is 2.43 bits per heavy atom. The molecular formula is C23H23N3O4. The zero-order valence-electron chi connectivity index (χ0n) is 16.9. The smallest absolute Gasteiger partial charge is 0.257 e. The lowest BCUT2D eigenvalue weighted by Crippen LogP contribution is -2.37. The van der Waals surface area contributed by atoms with Crippen LogP contribution in [0, 0.1) is 0 Å². The highest BCUT2D eigenvalue weighted by molar-refractivity contribution is 6.01. The molecule has 1 heterocycles. The molecule has 1 aliphatic heterocycles. The van der Waals surface area contributed by atoms with Crippen molar-refractivity contribution in [2.75, 3.05) is 24.2 Å². The molecule has 7 heteroatoms. The molecule has 0 saturated heterocycles. The summed E-state index contributed by atoms with van der Waals surface area (Å²) in [5.74, 6) is -0.478. The van der Waals surface area contributed by atoms with Gasteiger partial charge in [-0.3, -0.25) is 14.4 Å². The average Bonchev–Trinajstić information content (AvgIpc) is 2.77. The van der Waals surface area contributed by atoms with Crippen molar-refractivity contribution in [3.05, 3.63) is 79.6 Å². The maximum absolute atomic E-state index is 12.5. The molecular weight excluding hydrogens is 382 g/mol. The molecule has 154 valence electrons. The number of hydrogen-bond acceptors (Lipinski definition) is 6. The van der Waals surface area contributed by atoms with Gasteiger partial charge in [0, 0.05) is 13.6 Å². The van der Waals surface area contributed by atoms with Crippen LogP contribution in [0.2, 0.25) is 0 Å². The molecule has 0 bridgehead atoms. The first-order valence-corrected chi connectivity index (χ1v) is 9.94. The van der Waals surface area contributed by atoms with Crippen molar-refractivity contribution < 1.29 is 9.90 Å². The number of anilines is 3. The fraction of sp³-hybridized carbons (Fsp3) is 0.261. The normalized spacial score (nSPS) is 14.5. The van der Waals surface area contributed by atoms with E-state index in [1.165, 1.54) is 0 Å². The minimum atomic E-state index is -0.652. The third kappa shape index (κ3) is 3.22. The maximum Gasteiger partial charge on any atom is 0.257 e. The van der Waals surface area contributed by atoms with E-state index in [9.17, 15) is 19.5 Å². The highest BCUT2D eigenvalue weighted by Crippen LogP contribution is 2.36. The zero-order chi connectivity index (χ0) is 21.4. The van der Waals surface area contributed by atoms with Crippen LogP contribution in [-0.4, -0.2) is 29.5 Å². The van der Waals surface area contributed by atoms with Crippen LogP contribution in [0.15, 0.2) is 52.1 Å². The van der Waals surface area contributed by atoms with E-state index in [4.69, 9.17) is 0 Å². The van der Waals surface area contributed by atoms with Crippen LogP contribution in [0.25, 0.3) is 0 Å². The standard InChI is InChI=1S/C23H23N3O4/c1-3-15(13-7-5-4-6-8-13)24-18-19(22(29)21(18)28)25-16-10-9-14-11-12-26(2)23(30)17(14)20(16)27/h4-10,15,24-25,27H,3,11-12H2,1-2H3/t15-/m1/s1. The van der Waals surface area contributed by atoms with Crippen molar-refractivity contribution in [1.29, 1.82) is 0 Å². The molecule has 0 unspecified atom stereocenters. The Kier molecular flexibility index (Phi) is 5.03. The van der Waals surface area contributed by atoms with Crippen molar-refractivity contribution in [1.82, 2.24) is 4.90 Å². The number of amides is 1. The fourth-order valence-electron chi connectivity index (χ4n) is 3.83. The van der Waals surface area contributed by atoms with E-state index < -0.39 is 10.9 Å². The quantitative estimate of drug-likeness (QED) is 0.431. The number of rotatable bonds is 6. The summed E-state index contributed by atoms with van der Waals surface area (Å²) >= 11 is 0. The van der Waals surface area contributed by atoms with E-state index in [0.29, 0.717) is 19.4 Å². The van der Waals surface area contributed by atoms with Crippen molar-refractivity contribution in [2.45, 2.75) is 25.8 Å². The highest BCUT2D eigenvalue weighted by atomic mass is 16.3. The van der Waals surface area contributed by atoms with Crippen LogP contribution in [0.3, 0.4) is 0 Å². The molecule has 3 N–H and O–H groups in total. The second-order valence-corrected chi connectivity index (χ2v) is 7.52. The van der Waals surface area contributed by atoms with Gasteiger partial charge in [0.25, 0.3) is 16.8 Å². The molecule has 0 aliphatic carbocycles. The Bertz CT molecular complexity index is 1180. The minimum absolute atomic E-state index is 0.0984. The van der Waals surface area contributed by atoms with Crippen molar-refractivity contribution in [3.63, 3.8) is 0 Å². The summed E-state index contributed by atoms with van der Waals surface area (Å²) in [6.45, 7) is 2.57. The lowest BCUT2D eigenvalue weighted by atomic mass is 9.97. The van der Waals surface area contributed by atoms with Crippen LogP contribution >= 0.6 is 0 Å². The zero-order valence-corrected chi connectivity index (χ0v) is 16.9. The molecule has 4 rings (SSSR count). The predicted octanol–water partition coefficient (Wildman–Crippen LogP) is 2.92. The van der Waals surface area contributed by atoms with E-state index in [1.807, 2.05) is 37.3 Å². The summed E-state index contributed by atoms with van der Waals surface area (Å²) in [5.41, 5.74) is 1.26. The number of nitrogens with zero attached hydrogens (tertiary/aromatic N) is 1. The molecule has 1 aliphatic rings. The molecule has 0 saturated carbocycles. The first-order chi connectivity index (χ1) is 14.4.